The van der Waals surface area contributed by atoms with Gasteiger partial charge < -0.3 is 15.2 Å². The largest absolute Gasteiger partial charge is 0.481 e. The Morgan fingerprint density at radius 1 is 1.25 bits per heavy atom. The van der Waals surface area contributed by atoms with Gasteiger partial charge in [0.2, 0.25) is 0 Å². The van der Waals surface area contributed by atoms with Crippen LogP contribution in [0.25, 0.3) is 0 Å². The van der Waals surface area contributed by atoms with E-state index in [0.717, 1.165) is 18.4 Å². The van der Waals surface area contributed by atoms with E-state index in [1.807, 2.05) is 12.1 Å². The first-order chi connectivity index (χ1) is 9.56. The number of carbonyl (C=O) groups excluding carboxylic acids is 1. The number of ether oxygens (including phenoxy) is 1. The lowest BCUT2D eigenvalue weighted by molar-refractivity contribution is -0.127. The topological polar surface area (TPSA) is 58.6 Å². The lowest BCUT2D eigenvalue weighted by Gasteiger charge is -2.18. The summed E-state index contributed by atoms with van der Waals surface area (Å²) in [6.07, 6.45) is 3.53. The van der Waals surface area contributed by atoms with Crippen LogP contribution in [0.3, 0.4) is 0 Å². The fraction of sp³-hybridized carbons (Fsp3) is 0.562. The maximum absolute atomic E-state index is 12.0. The van der Waals surface area contributed by atoms with Gasteiger partial charge in [-0.3, -0.25) is 4.79 Å². The summed E-state index contributed by atoms with van der Waals surface area (Å²) in [4.78, 5) is 12.0. The van der Waals surface area contributed by atoms with Gasteiger partial charge in [0.05, 0.1) is 6.10 Å². The highest BCUT2D eigenvalue weighted by Crippen LogP contribution is 2.20. The second-order valence-corrected chi connectivity index (χ2v) is 5.50. The highest BCUT2D eigenvalue weighted by atomic mass is 16.5. The predicted molar refractivity (Wildman–Crippen MR) is 77.6 cm³/mol. The normalized spacial score (nSPS) is 18.6. The third-order valence-electron chi connectivity index (χ3n) is 3.75. The fourth-order valence-corrected chi connectivity index (χ4v) is 2.47. The molecule has 2 rings (SSSR count). The molecule has 1 aliphatic carbocycles. The molecule has 1 saturated carbocycles. The molecule has 1 unspecified atom stereocenters. The van der Waals surface area contributed by atoms with Crippen molar-refractivity contribution in [1.82, 2.24) is 5.32 Å². The van der Waals surface area contributed by atoms with Gasteiger partial charge in [0.25, 0.3) is 5.91 Å². The molecule has 1 aliphatic rings. The van der Waals surface area contributed by atoms with Crippen molar-refractivity contribution in [2.24, 2.45) is 0 Å². The molecular weight excluding hydrogens is 254 g/mol. The summed E-state index contributed by atoms with van der Waals surface area (Å²) >= 11 is 0. The molecule has 20 heavy (non-hydrogen) atoms. The van der Waals surface area contributed by atoms with E-state index >= 15 is 0 Å². The van der Waals surface area contributed by atoms with Crippen LogP contribution in [0.5, 0.6) is 5.75 Å². The zero-order chi connectivity index (χ0) is 14.5. The third-order valence-corrected chi connectivity index (χ3v) is 3.75. The minimum Gasteiger partial charge on any atom is -0.481 e. The van der Waals surface area contributed by atoms with Crippen molar-refractivity contribution in [1.29, 1.82) is 0 Å². The average Bonchev–Trinajstić information content (AvgIpc) is 2.92. The van der Waals surface area contributed by atoms with Crippen LogP contribution in [0, 0.1) is 0 Å². The standard InChI is InChI=1S/C16H23NO3/c1-11(18)13-7-9-15(10-8-13)20-12(2)16(19)17-14-5-3-4-6-14/h7-12,14,18H,3-6H2,1-2H3,(H,17,19)/t11-,12?/m0/s1. The highest BCUT2D eigenvalue weighted by Gasteiger charge is 2.21. The first-order valence-corrected chi connectivity index (χ1v) is 7.31. The van der Waals surface area contributed by atoms with E-state index in [1.54, 1.807) is 26.0 Å². The van der Waals surface area contributed by atoms with Gasteiger partial charge in [0, 0.05) is 6.04 Å². The molecule has 1 aromatic rings. The van der Waals surface area contributed by atoms with Gasteiger partial charge in [0.1, 0.15) is 5.75 Å². The summed E-state index contributed by atoms with van der Waals surface area (Å²) in [6, 6.07) is 7.48. The molecule has 4 heteroatoms. The zero-order valence-electron chi connectivity index (χ0n) is 12.1. The van der Waals surface area contributed by atoms with Gasteiger partial charge in [0.15, 0.2) is 6.10 Å². The minimum atomic E-state index is -0.506. The lowest BCUT2D eigenvalue weighted by Crippen LogP contribution is -2.41. The first kappa shape index (κ1) is 14.9. The molecule has 0 radical (unpaired) electrons. The van der Waals surface area contributed by atoms with Crippen LogP contribution in [0.2, 0.25) is 0 Å². The van der Waals surface area contributed by atoms with Crippen LogP contribution in [0.1, 0.15) is 51.2 Å². The number of hydrogen-bond donors (Lipinski definition) is 2. The van der Waals surface area contributed by atoms with Crippen molar-refractivity contribution in [3.8, 4) is 5.75 Å². The molecule has 0 spiro atoms. The number of rotatable bonds is 5. The number of hydrogen-bond acceptors (Lipinski definition) is 3. The van der Waals surface area contributed by atoms with Gasteiger partial charge >= 0.3 is 0 Å². The Hall–Kier alpha value is -1.55. The van der Waals surface area contributed by atoms with Gasteiger partial charge in [-0.2, -0.15) is 0 Å². The van der Waals surface area contributed by atoms with E-state index in [4.69, 9.17) is 4.74 Å². The van der Waals surface area contributed by atoms with E-state index in [2.05, 4.69) is 5.32 Å². The van der Waals surface area contributed by atoms with Crippen LogP contribution in [-0.4, -0.2) is 23.2 Å². The number of aliphatic hydroxyl groups is 1. The molecule has 110 valence electrons. The van der Waals surface area contributed by atoms with Gasteiger partial charge in [-0.1, -0.05) is 25.0 Å². The molecule has 2 N–H and O–H groups in total. The van der Waals surface area contributed by atoms with E-state index in [0.29, 0.717) is 11.8 Å². The Balaban J connectivity index is 1.86. The second-order valence-electron chi connectivity index (χ2n) is 5.50. The summed E-state index contributed by atoms with van der Waals surface area (Å²) in [5.41, 5.74) is 0.834. The van der Waals surface area contributed by atoms with Crippen LogP contribution in [-0.2, 0) is 4.79 Å². The predicted octanol–water partition coefficient (Wildman–Crippen LogP) is 2.57. The molecule has 0 aromatic heterocycles. The van der Waals surface area contributed by atoms with Gasteiger partial charge in [-0.15, -0.1) is 0 Å². The van der Waals surface area contributed by atoms with E-state index < -0.39 is 12.2 Å². The number of carbonyl (C=O) groups is 1. The molecule has 0 saturated heterocycles. The van der Waals surface area contributed by atoms with Gasteiger partial charge in [-0.05, 0) is 44.4 Å². The average molecular weight is 277 g/mol. The summed E-state index contributed by atoms with van der Waals surface area (Å²) < 4.78 is 5.63. The highest BCUT2D eigenvalue weighted by molar-refractivity contribution is 5.81. The Morgan fingerprint density at radius 2 is 1.85 bits per heavy atom. The second kappa shape index (κ2) is 6.75. The molecule has 2 atom stereocenters. The number of benzene rings is 1. The summed E-state index contributed by atoms with van der Waals surface area (Å²) in [5, 5.41) is 12.5. The molecular formula is C16H23NO3. The lowest BCUT2D eigenvalue weighted by atomic mass is 10.1. The van der Waals surface area contributed by atoms with Crippen LogP contribution in [0.4, 0.5) is 0 Å². The van der Waals surface area contributed by atoms with Crippen LogP contribution in [0.15, 0.2) is 24.3 Å². The quantitative estimate of drug-likeness (QED) is 0.869. The van der Waals surface area contributed by atoms with Gasteiger partial charge in [-0.25, -0.2) is 0 Å². The summed E-state index contributed by atoms with van der Waals surface area (Å²) in [6.45, 7) is 3.47. The maximum atomic E-state index is 12.0. The number of amides is 1. The third kappa shape index (κ3) is 3.97. The fourth-order valence-electron chi connectivity index (χ4n) is 2.47. The van der Waals surface area contributed by atoms with Crippen molar-refractivity contribution in [2.45, 2.75) is 57.8 Å². The van der Waals surface area contributed by atoms with Crippen LogP contribution < -0.4 is 10.1 Å². The van der Waals surface area contributed by atoms with Crippen molar-refractivity contribution in [2.75, 3.05) is 0 Å². The van der Waals surface area contributed by atoms with Crippen molar-refractivity contribution >= 4 is 5.91 Å². The maximum Gasteiger partial charge on any atom is 0.260 e. The van der Waals surface area contributed by atoms with Crippen molar-refractivity contribution in [3.63, 3.8) is 0 Å². The molecule has 0 bridgehead atoms. The van der Waals surface area contributed by atoms with Crippen molar-refractivity contribution in [3.05, 3.63) is 29.8 Å². The van der Waals surface area contributed by atoms with E-state index in [-0.39, 0.29) is 5.91 Å². The van der Waals surface area contributed by atoms with E-state index in [9.17, 15) is 9.90 Å². The molecule has 0 aliphatic heterocycles. The van der Waals surface area contributed by atoms with E-state index in [1.165, 1.54) is 12.8 Å². The molecule has 0 heterocycles. The van der Waals surface area contributed by atoms with Crippen molar-refractivity contribution < 1.29 is 14.6 Å². The molecule has 4 nitrogen and oxygen atoms in total. The number of nitrogens with one attached hydrogen (secondary N) is 1. The SMILES string of the molecule is CC(Oc1ccc([C@H](C)O)cc1)C(=O)NC1CCCC1. The molecule has 1 amide bonds. The molecule has 1 aromatic carbocycles. The number of aliphatic hydroxyl groups excluding tert-OH is 1. The zero-order valence-corrected chi connectivity index (χ0v) is 12.1. The Labute approximate surface area is 120 Å². The Kier molecular flexibility index (Phi) is 5.01. The summed E-state index contributed by atoms with van der Waals surface area (Å²) in [5.74, 6) is 0.583. The summed E-state index contributed by atoms with van der Waals surface area (Å²) in [7, 11) is 0. The Morgan fingerprint density at radius 3 is 2.40 bits per heavy atom. The molecule has 1 fully saturated rings. The minimum absolute atomic E-state index is 0.0588. The smallest absolute Gasteiger partial charge is 0.260 e. The monoisotopic (exact) mass is 277 g/mol. The Bertz CT molecular complexity index is 436. The van der Waals surface area contributed by atoms with Crippen LogP contribution >= 0.6 is 0 Å². The first-order valence-electron chi connectivity index (χ1n) is 7.31.